The van der Waals surface area contributed by atoms with Gasteiger partial charge in [0.05, 0.1) is 33.8 Å². The summed E-state index contributed by atoms with van der Waals surface area (Å²) in [5.41, 5.74) is 0.263. The van der Waals surface area contributed by atoms with Crippen LogP contribution in [0.4, 0.5) is 24.5 Å². The number of anilines is 2. The van der Waals surface area contributed by atoms with Crippen LogP contribution in [0.25, 0.3) is 0 Å². The highest BCUT2D eigenvalue weighted by Gasteiger charge is 2.70. The molecule has 7 nitrogen and oxygen atoms in total. The van der Waals surface area contributed by atoms with Crippen LogP contribution >= 0.6 is 34.4 Å². The van der Waals surface area contributed by atoms with Gasteiger partial charge in [0, 0.05) is 20.9 Å². The first-order chi connectivity index (χ1) is 22.0. The number of hydrogen-bond donors (Lipinski definition) is 1. The number of alkyl halides is 3. The van der Waals surface area contributed by atoms with E-state index in [-0.39, 0.29) is 51.3 Å². The van der Waals surface area contributed by atoms with Gasteiger partial charge in [-0.2, -0.15) is 13.2 Å². The standard InChI is InChI=1S/C33H26F3N3O4S3/c1-15-8-10-16(11-9-15)39-29(41)24-17-13-18(25(24)30(39)42)27-23(17)26(21-7-4-12-44-21)28-31(45-27)38(32(43)46-28)14-22(40)37-20-6-3-2-5-19(20)33(34,35)36/h2-12,17-18,23-27H,13-14H2,1H3,(H,37,40). The third-order valence-electron chi connectivity index (χ3n) is 9.90. The van der Waals surface area contributed by atoms with Crippen molar-refractivity contribution in [2.45, 2.75) is 42.3 Å². The van der Waals surface area contributed by atoms with E-state index in [4.69, 9.17) is 0 Å². The second kappa shape index (κ2) is 10.7. The lowest BCUT2D eigenvalue weighted by molar-refractivity contribution is -0.137. The van der Waals surface area contributed by atoms with E-state index in [1.807, 2.05) is 36.6 Å². The van der Waals surface area contributed by atoms with Gasteiger partial charge in [0.1, 0.15) is 6.54 Å². The van der Waals surface area contributed by atoms with Crippen molar-refractivity contribution in [1.82, 2.24) is 4.57 Å². The SMILES string of the molecule is Cc1ccc(N2C(=O)C3C4CC(C3C2=O)C2C(c3cccs3)c3sc(=O)n(CC(=O)Nc5ccccc5C(F)(F)F)c3SC42)cc1. The van der Waals surface area contributed by atoms with Gasteiger partial charge in [0.2, 0.25) is 17.7 Å². The number of carbonyl (C=O) groups excluding carboxylic acids is 3. The van der Waals surface area contributed by atoms with Crippen LogP contribution in [0, 0.1) is 36.5 Å². The van der Waals surface area contributed by atoms with Gasteiger partial charge < -0.3 is 5.32 Å². The molecule has 3 amide bonds. The molecule has 7 unspecified atom stereocenters. The smallest absolute Gasteiger partial charge is 0.324 e. The maximum atomic E-state index is 13.9. The van der Waals surface area contributed by atoms with Gasteiger partial charge >= 0.3 is 11.0 Å². The molecule has 2 saturated carbocycles. The number of para-hydroxylation sites is 1. The monoisotopic (exact) mass is 681 g/mol. The van der Waals surface area contributed by atoms with E-state index in [9.17, 15) is 32.3 Å². The third-order valence-corrected chi connectivity index (χ3v) is 13.6. The highest BCUT2D eigenvalue weighted by atomic mass is 32.2. The first kappa shape index (κ1) is 29.7. The number of imide groups is 1. The number of aryl methyl sites for hydroxylation is 1. The number of aromatic nitrogens is 1. The number of carbonyl (C=O) groups is 3. The normalized spacial score (nSPS) is 27.9. The van der Waals surface area contributed by atoms with Crippen LogP contribution < -0.4 is 15.1 Å². The van der Waals surface area contributed by atoms with Gasteiger partial charge in [0.15, 0.2) is 0 Å². The Morgan fingerprint density at radius 1 is 0.957 bits per heavy atom. The fraction of sp³-hybridized carbons (Fsp3) is 0.333. The van der Waals surface area contributed by atoms with Crippen molar-refractivity contribution >= 4 is 63.5 Å². The molecular weight excluding hydrogens is 656 g/mol. The average Bonchev–Trinajstić information content (AvgIpc) is 3.83. The van der Waals surface area contributed by atoms with Crippen molar-refractivity contribution in [1.29, 1.82) is 0 Å². The van der Waals surface area contributed by atoms with E-state index in [2.05, 4.69) is 5.32 Å². The molecule has 2 bridgehead atoms. The second-order valence-corrected chi connectivity index (χ2v) is 15.5. The molecule has 2 aromatic heterocycles. The quantitative estimate of drug-likeness (QED) is 0.240. The minimum Gasteiger partial charge on any atom is -0.324 e. The van der Waals surface area contributed by atoms with Gasteiger partial charge in [-0.15, -0.1) is 23.1 Å². The number of amides is 3. The highest BCUT2D eigenvalue weighted by Crippen LogP contribution is 2.69. The Morgan fingerprint density at radius 2 is 1.67 bits per heavy atom. The van der Waals surface area contributed by atoms with Crippen molar-refractivity contribution < 1.29 is 27.6 Å². The van der Waals surface area contributed by atoms with E-state index in [0.29, 0.717) is 10.7 Å². The maximum Gasteiger partial charge on any atom is 0.418 e. The number of fused-ring (bicyclic) bond motifs is 9. The van der Waals surface area contributed by atoms with Crippen molar-refractivity contribution in [2.24, 2.45) is 29.6 Å². The lowest BCUT2D eigenvalue weighted by Crippen LogP contribution is -2.43. The van der Waals surface area contributed by atoms with E-state index in [1.165, 1.54) is 39.4 Å². The molecule has 236 valence electrons. The molecule has 7 atom stereocenters. The summed E-state index contributed by atoms with van der Waals surface area (Å²) in [6.07, 6.45) is -3.93. The molecule has 1 saturated heterocycles. The maximum absolute atomic E-state index is 13.9. The van der Waals surface area contributed by atoms with E-state index >= 15 is 0 Å². The number of nitrogens with zero attached hydrogens (tertiary/aromatic N) is 2. The van der Waals surface area contributed by atoms with Gasteiger partial charge in [-0.1, -0.05) is 47.2 Å². The fourth-order valence-electron chi connectivity index (χ4n) is 8.16. The van der Waals surface area contributed by atoms with Crippen LogP contribution in [-0.2, 0) is 27.1 Å². The molecular formula is C33H26F3N3O4S3. The van der Waals surface area contributed by atoms with Gasteiger partial charge in [-0.25, -0.2) is 0 Å². The summed E-state index contributed by atoms with van der Waals surface area (Å²) in [6, 6.07) is 16.1. The number of rotatable bonds is 5. The summed E-state index contributed by atoms with van der Waals surface area (Å²) in [4.78, 5) is 57.3. The fourth-order valence-corrected chi connectivity index (χ4v) is 12.3. The Labute approximate surface area is 273 Å². The number of thiophene rings is 1. The summed E-state index contributed by atoms with van der Waals surface area (Å²) < 4.78 is 42.1. The molecule has 4 aliphatic rings. The highest BCUT2D eigenvalue weighted by molar-refractivity contribution is 8.00. The first-order valence-electron chi connectivity index (χ1n) is 14.9. The summed E-state index contributed by atoms with van der Waals surface area (Å²) >= 11 is 4.10. The zero-order valence-electron chi connectivity index (χ0n) is 24.2. The molecule has 4 heterocycles. The number of benzene rings is 2. The third kappa shape index (κ3) is 4.45. The Hall–Kier alpha value is -3.68. The Morgan fingerprint density at radius 3 is 2.37 bits per heavy atom. The van der Waals surface area contributed by atoms with Crippen LogP contribution in [0.1, 0.15) is 33.2 Å². The van der Waals surface area contributed by atoms with Crippen LogP contribution in [-0.4, -0.2) is 27.5 Å². The molecule has 46 heavy (non-hydrogen) atoms. The number of nitrogens with one attached hydrogen (secondary N) is 1. The van der Waals surface area contributed by atoms with Crippen LogP contribution in [0.3, 0.4) is 0 Å². The topological polar surface area (TPSA) is 88.5 Å². The molecule has 0 spiro atoms. The van der Waals surface area contributed by atoms with Gasteiger partial charge in [0.25, 0.3) is 0 Å². The van der Waals surface area contributed by atoms with E-state index in [1.54, 1.807) is 23.5 Å². The van der Waals surface area contributed by atoms with Gasteiger partial charge in [-0.05, 0) is 66.8 Å². The molecule has 4 aromatic rings. The summed E-state index contributed by atoms with van der Waals surface area (Å²) in [7, 11) is 0. The van der Waals surface area contributed by atoms with Crippen molar-refractivity contribution in [3.8, 4) is 0 Å². The minimum absolute atomic E-state index is 0.0103. The van der Waals surface area contributed by atoms with E-state index < -0.39 is 36.0 Å². The predicted octanol–water partition coefficient (Wildman–Crippen LogP) is 6.62. The predicted molar refractivity (Wildman–Crippen MR) is 170 cm³/mol. The number of thioether (sulfide) groups is 1. The van der Waals surface area contributed by atoms with Crippen LogP contribution in [0.2, 0.25) is 0 Å². The Bertz CT molecular complexity index is 1950. The summed E-state index contributed by atoms with van der Waals surface area (Å²) in [6.45, 7) is 1.50. The van der Waals surface area contributed by atoms with E-state index in [0.717, 1.165) is 39.1 Å². The largest absolute Gasteiger partial charge is 0.418 e. The van der Waals surface area contributed by atoms with Crippen LogP contribution in [0.5, 0.6) is 0 Å². The Kier molecular flexibility index (Phi) is 6.89. The molecule has 2 aromatic carbocycles. The lowest BCUT2D eigenvalue weighted by atomic mass is 9.69. The molecule has 0 radical (unpaired) electrons. The number of halogens is 3. The molecule has 1 N–H and O–H groups in total. The first-order valence-corrected chi connectivity index (χ1v) is 17.4. The average molecular weight is 682 g/mol. The van der Waals surface area contributed by atoms with Crippen molar-refractivity contribution in [3.63, 3.8) is 0 Å². The molecule has 3 fully saturated rings. The molecule has 2 aliphatic carbocycles. The zero-order valence-corrected chi connectivity index (χ0v) is 26.6. The van der Waals surface area contributed by atoms with Gasteiger partial charge in [-0.3, -0.25) is 28.6 Å². The minimum atomic E-state index is -4.66. The Balaban J connectivity index is 1.14. The number of thiazole rings is 1. The second-order valence-electron chi connectivity index (χ2n) is 12.3. The summed E-state index contributed by atoms with van der Waals surface area (Å²) in [5.74, 6) is -2.30. The molecule has 2 aliphatic heterocycles. The van der Waals surface area contributed by atoms with Crippen molar-refractivity contribution in [3.05, 3.63) is 96.6 Å². The van der Waals surface area contributed by atoms with Crippen LogP contribution in [0.15, 0.2) is 75.9 Å². The zero-order chi connectivity index (χ0) is 32.1. The number of hydrogen-bond acceptors (Lipinski definition) is 7. The molecule has 13 heteroatoms. The molecule has 8 rings (SSSR count). The van der Waals surface area contributed by atoms with Crippen molar-refractivity contribution in [2.75, 3.05) is 10.2 Å². The summed E-state index contributed by atoms with van der Waals surface area (Å²) in [5, 5.41) is 4.87. The lowest BCUT2D eigenvalue weighted by Gasteiger charge is -2.42.